The van der Waals surface area contributed by atoms with Gasteiger partial charge in [0.15, 0.2) is 5.82 Å². The number of hydrogen-bond acceptors (Lipinski definition) is 5. The van der Waals surface area contributed by atoms with Gasteiger partial charge in [0.2, 0.25) is 5.91 Å². The number of rotatable bonds is 6. The molecule has 154 valence electrons. The fraction of sp³-hybridized carbons (Fsp3) is 0.450. The normalized spacial score (nSPS) is 17.3. The molecule has 2 aliphatic rings. The summed E-state index contributed by atoms with van der Waals surface area (Å²) in [6, 6.07) is 3.75. The molecule has 29 heavy (non-hydrogen) atoms. The van der Waals surface area contributed by atoms with Crippen LogP contribution in [-0.4, -0.2) is 29.2 Å². The van der Waals surface area contributed by atoms with Gasteiger partial charge in [-0.3, -0.25) is 15.6 Å². The van der Waals surface area contributed by atoms with Crippen LogP contribution in [0.5, 0.6) is 0 Å². The number of piperidine rings is 1. The Morgan fingerprint density at radius 1 is 1.21 bits per heavy atom. The Bertz CT molecular complexity index is 900. The summed E-state index contributed by atoms with van der Waals surface area (Å²) >= 11 is 6.48. The highest BCUT2D eigenvalue weighted by Gasteiger charge is 2.26. The molecule has 2 aromatic rings. The highest BCUT2D eigenvalue weighted by molar-refractivity contribution is 6.35. The van der Waals surface area contributed by atoms with Gasteiger partial charge in [-0.25, -0.2) is 8.78 Å². The Morgan fingerprint density at radius 2 is 1.97 bits per heavy atom. The monoisotopic (exact) mass is 421 g/mol. The van der Waals surface area contributed by atoms with E-state index in [1.807, 2.05) is 0 Å². The molecule has 9 heteroatoms. The first-order valence-corrected chi connectivity index (χ1v) is 10.1. The lowest BCUT2D eigenvalue weighted by atomic mass is 9.89. The Balaban J connectivity index is 1.38. The molecule has 2 fully saturated rings. The molecule has 1 amide bonds. The lowest BCUT2D eigenvalue weighted by Crippen LogP contribution is -2.34. The topological polar surface area (TPSA) is 70.1 Å². The number of hydrogen-bond donors (Lipinski definition) is 2. The first-order chi connectivity index (χ1) is 14.0. The van der Waals surface area contributed by atoms with Crippen molar-refractivity contribution in [3.05, 3.63) is 46.6 Å². The van der Waals surface area contributed by atoms with E-state index >= 15 is 0 Å². The van der Waals surface area contributed by atoms with Crippen LogP contribution in [0.3, 0.4) is 0 Å². The third-order valence-electron chi connectivity index (χ3n) is 5.50. The van der Waals surface area contributed by atoms with Crippen molar-refractivity contribution in [1.82, 2.24) is 15.6 Å². The number of nitrogens with zero attached hydrogens (tertiary/aromatic N) is 3. The van der Waals surface area contributed by atoms with Crippen LogP contribution in [0.2, 0.25) is 5.02 Å². The van der Waals surface area contributed by atoms with Gasteiger partial charge in [0.25, 0.3) is 0 Å². The van der Waals surface area contributed by atoms with Crippen LogP contribution in [0, 0.1) is 17.6 Å². The molecule has 6 nitrogen and oxygen atoms in total. The summed E-state index contributed by atoms with van der Waals surface area (Å²) < 4.78 is 27.2. The van der Waals surface area contributed by atoms with Crippen LogP contribution in [0.1, 0.15) is 43.6 Å². The van der Waals surface area contributed by atoms with Crippen molar-refractivity contribution in [2.45, 2.75) is 38.0 Å². The molecular formula is C20H22ClF2N5O. The van der Waals surface area contributed by atoms with E-state index in [-0.39, 0.29) is 11.8 Å². The summed E-state index contributed by atoms with van der Waals surface area (Å²) in [5.41, 5.74) is 6.62. The SMILES string of the molecule is O=C(CC1CC1)NNc1nncc(N2CCC(c3ccc(F)cc3F)CC2)c1Cl. The van der Waals surface area contributed by atoms with Crippen molar-refractivity contribution in [2.75, 3.05) is 23.4 Å². The first kappa shape index (κ1) is 19.8. The highest BCUT2D eigenvalue weighted by atomic mass is 35.5. The quantitative estimate of drug-likeness (QED) is 0.689. The van der Waals surface area contributed by atoms with Gasteiger partial charge in [-0.2, -0.15) is 5.10 Å². The molecular weight excluding hydrogens is 400 g/mol. The lowest BCUT2D eigenvalue weighted by Gasteiger charge is -2.34. The van der Waals surface area contributed by atoms with Crippen LogP contribution < -0.4 is 15.8 Å². The number of anilines is 2. The molecule has 1 aliphatic carbocycles. The molecule has 1 aliphatic heterocycles. The maximum Gasteiger partial charge on any atom is 0.238 e. The van der Waals surface area contributed by atoms with E-state index in [2.05, 4.69) is 25.9 Å². The minimum Gasteiger partial charge on any atom is -0.369 e. The van der Waals surface area contributed by atoms with Gasteiger partial charge in [-0.1, -0.05) is 17.7 Å². The van der Waals surface area contributed by atoms with Crippen molar-refractivity contribution >= 4 is 29.0 Å². The minimum atomic E-state index is -0.567. The fourth-order valence-corrected chi connectivity index (χ4v) is 3.94. The largest absolute Gasteiger partial charge is 0.369 e. The van der Waals surface area contributed by atoms with Crippen LogP contribution in [0.15, 0.2) is 24.4 Å². The third-order valence-corrected chi connectivity index (χ3v) is 5.87. The van der Waals surface area contributed by atoms with Gasteiger partial charge in [0.1, 0.15) is 16.7 Å². The number of halogens is 3. The van der Waals surface area contributed by atoms with Crippen molar-refractivity contribution in [3.63, 3.8) is 0 Å². The molecule has 1 aromatic carbocycles. The first-order valence-electron chi connectivity index (χ1n) is 9.77. The van der Waals surface area contributed by atoms with Gasteiger partial charge in [0, 0.05) is 25.6 Å². The van der Waals surface area contributed by atoms with Crippen LogP contribution >= 0.6 is 11.6 Å². The molecule has 0 radical (unpaired) electrons. The smallest absolute Gasteiger partial charge is 0.238 e. The van der Waals surface area contributed by atoms with E-state index < -0.39 is 11.6 Å². The van der Waals surface area contributed by atoms with Crippen LogP contribution in [0.4, 0.5) is 20.3 Å². The lowest BCUT2D eigenvalue weighted by molar-refractivity contribution is -0.120. The average molecular weight is 422 g/mol. The van der Waals surface area contributed by atoms with Gasteiger partial charge in [-0.05, 0) is 49.1 Å². The standard InChI is InChI=1S/C20H22ClF2N5O/c21-19-17(11-24-26-20(19)27-25-18(29)9-12-1-2-12)28-7-5-13(6-8-28)15-4-3-14(22)10-16(15)23/h3-4,10-13H,1-2,5-9H2,(H,25,29)(H,26,27). The summed E-state index contributed by atoms with van der Waals surface area (Å²) in [6.07, 6.45) is 5.69. The number of amides is 1. The van der Waals surface area contributed by atoms with Crippen LogP contribution in [-0.2, 0) is 4.79 Å². The fourth-order valence-electron chi connectivity index (χ4n) is 3.69. The Kier molecular flexibility index (Phi) is 5.80. The second-order valence-corrected chi connectivity index (χ2v) is 8.02. The number of carbonyl (C=O) groups excluding carboxylic acids is 1. The number of hydrazine groups is 1. The van der Waals surface area contributed by atoms with E-state index in [4.69, 9.17) is 11.6 Å². The summed E-state index contributed by atoms with van der Waals surface area (Å²) in [6.45, 7) is 1.31. The van der Waals surface area contributed by atoms with Crippen molar-refractivity contribution < 1.29 is 13.6 Å². The number of nitrogens with one attached hydrogen (secondary N) is 2. The molecule has 1 saturated heterocycles. The zero-order valence-electron chi connectivity index (χ0n) is 15.8. The molecule has 0 unspecified atom stereocenters. The van der Waals surface area contributed by atoms with Gasteiger partial charge in [-0.15, -0.1) is 5.10 Å². The molecule has 0 bridgehead atoms. The predicted octanol–water partition coefficient (Wildman–Crippen LogP) is 4.04. The van der Waals surface area contributed by atoms with Crippen molar-refractivity contribution in [2.24, 2.45) is 5.92 Å². The minimum absolute atomic E-state index is 0.0275. The maximum absolute atomic E-state index is 14.1. The van der Waals surface area contributed by atoms with Gasteiger partial charge >= 0.3 is 0 Å². The zero-order valence-corrected chi connectivity index (χ0v) is 16.6. The van der Waals surface area contributed by atoms with Crippen molar-refractivity contribution in [1.29, 1.82) is 0 Å². The third kappa shape index (κ3) is 4.75. The molecule has 4 rings (SSSR count). The maximum atomic E-state index is 14.1. The number of aromatic nitrogens is 2. The highest BCUT2D eigenvalue weighted by Crippen LogP contribution is 2.36. The molecule has 0 atom stereocenters. The number of benzene rings is 1. The van der Waals surface area contributed by atoms with Gasteiger partial charge < -0.3 is 4.90 Å². The summed E-state index contributed by atoms with van der Waals surface area (Å²) in [5.74, 6) is -0.363. The molecule has 0 spiro atoms. The number of carbonyl (C=O) groups is 1. The van der Waals surface area contributed by atoms with E-state index in [1.54, 1.807) is 6.20 Å². The Labute approximate surface area is 172 Å². The molecule has 1 aromatic heterocycles. The summed E-state index contributed by atoms with van der Waals surface area (Å²) in [4.78, 5) is 13.9. The van der Waals surface area contributed by atoms with E-state index in [0.717, 1.165) is 18.9 Å². The summed E-state index contributed by atoms with van der Waals surface area (Å²) in [5, 5.41) is 8.32. The van der Waals surface area contributed by atoms with E-state index in [9.17, 15) is 13.6 Å². The zero-order chi connectivity index (χ0) is 20.4. The second kappa shape index (κ2) is 8.49. The van der Waals surface area contributed by atoms with Crippen molar-refractivity contribution in [3.8, 4) is 0 Å². The molecule has 1 saturated carbocycles. The molecule has 2 heterocycles. The predicted molar refractivity (Wildman–Crippen MR) is 107 cm³/mol. The average Bonchev–Trinajstić information content (AvgIpc) is 3.51. The molecule has 2 N–H and O–H groups in total. The van der Waals surface area contributed by atoms with Gasteiger partial charge in [0.05, 0.1) is 11.9 Å². The van der Waals surface area contributed by atoms with E-state index in [0.29, 0.717) is 60.4 Å². The Morgan fingerprint density at radius 3 is 2.66 bits per heavy atom. The van der Waals surface area contributed by atoms with Crippen LogP contribution in [0.25, 0.3) is 0 Å². The van der Waals surface area contributed by atoms with E-state index in [1.165, 1.54) is 12.1 Å². The Hall–Kier alpha value is -2.48. The second-order valence-electron chi connectivity index (χ2n) is 7.64. The summed E-state index contributed by atoms with van der Waals surface area (Å²) in [7, 11) is 0.